The van der Waals surface area contributed by atoms with E-state index in [1.165, 1.54) is 4.90 Å². The summed E-state index contributed by atoms with van der Waals surface area (Å²) in [6.07, 6.45) is 3.26. The molecule has 0 aliphatic carbocycles. The number of hydrogen-bond donors (Lipinski definition) is 1. The first-order valence-corrected chi connectivity index (χ1v) is 11.0. The first kappa shape index (κ1) is 23.3. The minimum Gasteiger partial charge on any atom is -0.507 e. The van der Waals surface area contributed by atoms with Crippen LogP contribution in [0.3, 0.4) is 0 Å². The molecule has 3 aromatic rings. The Labute approximate surface area is 198 Å². The lowest BCUT2D eigenvalue weighted by molar-refractivity contribution is -0.140. The summed E-state index contributed by atoms with van der Waals surface area (Å²) < 4.78 is 11.3. The Morgan fingerprint density at radius 1 is 1.12 bits per heavy atom. The van der Waals surface area contributed by atoms with Crippen molar-refractivity contribution >= 4 is 17.4 Å². The number of amides is 1. The van der Waals surface area contributed by atoms with Gasteiger partial charge in [0.05, 0.1) is 12.7 Å². The van der Waals surface area contributed by atoms with Gasteiger partial charge in [0.1, 0.15) is 29.1 Å². The number of aliphatic hydroxyl groups excluding tert-OH is 1. The van der Waals surface area contributed by atoms with Crippen molar-refractivity contribution in [1.82, 2.24) is 9.88 Å². The molecule has 1 fully saturated rings. The first-order chi connectivity index (χ1) is 16.1. The van der Waals surface area contributed by atoms with Gasteiger partial charge in [-0.2, -0.15) is 0 Å². The molecule has 1 atom stereocenters. The van der Waals surface area contributed by atoms with Crippen molar-refractivity contribution in [3.63, 3.8) is 0 Å². The van der Waals surface area contributed by atoms with E-state index in [4.69, 9.17) is 9.15 Å². The molecule has 34 heavy (non-hydrogen) atoms. The van der Waals surface area contributed by atoms with E-state index in [9.17, 15) is 14.7 Å². The van der Waals surface area contributed by atoms with E-state index >= 15 is 0 Å². The number of pyridine rings is 1. The Kier molecular flexibility index (Phi) is 6.04. The first-order valence-electron chi connectivity index (χ1n) is 11.0. The molecule has 1 N–H and O–H groups in total. The van der Waals surface area contributed by atoms with Crippen LogP contribution in [0.2, 0.25) is 0 Å². The van der Waals surface area contributed by atoms with Crippen LogP contribution in [0, 0.1) is 6.92 Å². The van der Waals surface area contributed by atoms with Crippen molar-refractivity contribution < 1.29 is 23.8 Å². The monoisotopic (exact) mass is 460 g/mol. The van der Waals surface area contributed by atoms with Crippen molar-refractivity contribution in [1.29, 1.82) is 0 Å². The number of nitrogens with zero attached hydrogens (tertiary/aromatic N) is 2. The molecule has 1 saturated heterocycles. The highest BCUT2D eigenvalue weighted by atomic mass is 16.5. The number of hydrogen-bond acceptors (Lipinski definition) is 6. The van der Waals surface area contributed by atoms with E-state index in [2.05, 4.69) is 4.98 Å². The van der Waals surface area contributed by atoms with E-state index in [1.807, 2.05) is 20.8 Å². The van der Waals surface area contributed by atoms with Crippen LogP contribution in [0.15, 0.2) is 64.8 Å². The van der Waals surface area contributed by atoms with Gasteiger partial charge in [0.2, 0.25) is 0 Å². The molecule has 1 aromatic carbocycles. The molecule has 4 rings (SSSR count). The molecular formula is C27H28N2O5. The lowest BCUT2D eigenvalue weighted by atomic mass is 9.84. The maximum Gasteiger partial charge on any atom is 0.296 e. The predicted molar refractivity (Wildman–Crippen MR) is 127 cm³/mol. The number of carbonyl (C=O) groups is 2. The zero-order chi connectivity index (χ0) is 24.6. The van der Waals surface area contributed by atoms with Crippen molar-refractivity contribution in [2.24, 2.45) is 0 Å². The van der Waals surface area contributed by atoms with Gasteiger partial charge in [-0.1, -0.05) is 20.8 Å². The molecule has 1 amide bonds. The van der Waals surface area contributed by atoms with Crippen LogP contribution >= 0.6 is 0 Å². The third kappa shape index (κ3) is 4.21. The fourth-order valence-corrected chi connectivity index (χ4v) is 4.22. The number of furan rings is 1. The number of carbonyl (C=O) groups excluding carboxylic acids is 2. The zero-order valence-corrected chi connectivity index (χ0v) is 20.0. The molecule has 1 aliphatic rings. The van der Waals surface area contributed by atoms with Gasteiger partial charge in [0.15, 0.2) is 0 Å². The normalized spacial score (nSPS) is 17.9. The number of Topliss-reactive ketones (excluding diaryl/α,β-unsaturated/α-hetero) is 1. The molecule has 0 saturated carbocycles. The van der Waals surface area contributed by atoms with Crippen molar-refractivity contribution in [2.75, 3.05) is 7.11 Å². The second-order valence-corrected chi connectivity index (χ2v) is 9.40. The maximum atomic E-state index is 13.2. The number of ether oxygens (including phenoxy) is 1. The van der Waals surface area contributed by atoms with Crippen molar-refractivity contribution in [2.45, 2.75) is 45.7 Å². The smallest absolute Gasteiger partial charge is 0.296 e. The third-order valence-electron chi connectivity index (χ3n) is 5.95. The molecule has 3 heterocycles. The van der Waals surface area contributed by atoms with Crippen LogP contribution in [-0.2, 0) is 21.5 Å². The number of rotatable bonds is 5. The van der Waals surface area contributed by atoms with Gasteiger partial charge in [-0.05, 0) is 60.4 Å². The lowest BCUT2D eigenvalue weighted by Crippen LogP contribution is -2.29. The molecule has 2 aromatic heterocycles. The molecular weight excluding hydrogens is 432 g/mol. The Morgan fingerprint density at radius 2 is 1.82 bits per heavy atom. The molecule has 0 spiro atoms. The van der Waals surface area contributed by atoms with Crippen LogP contribution in [0.1, 0.15) is 55.0 Å². The number of ketones is 1. The van der Waals surface area contributed by atoms with Gasteiger partial charge in [0, 0.05) is 30.1 Å². The highest BCUT2D eigenvalue weighted by molar-refractivity contribution is 6.46. The second kappa shape index (κ2) is 8.82. The standard InChI is InChI=1S/C27H28N2O5/c1-16-6-8-21(34-16)23-22(25(31)26(32)29(23)15-17-10-12-28-13-11-17)24(30)18-7-9-20(33-5)19(14-18)27(2,3)4/h6-14,23,30H,15H2,1-5H3/b24-22-. The number of aryl methyl sites for hydroxylation is 1. The summed E-state index contributed by atoms with van der Waals surface area (Å²) in [5.41, 5.74) is 1.84. The average molecular weight is 461 g/mol. The zero-order valence-electron chi connectivity index (χ0n) is 20.0. The molecule has 176 valence electrons. The maximum absolute atomic E-state index is 13.2. The molecule has 1 unspecified atom stereocenters. The number of methoxy groups -OCH3 is 1. The van der Waals surface area contributed by atoms with E-state index < -0.39 is 17.7 Å². The molecule has 0 radical (unpaired) electrons. The van der Waals surface area contributed by atoms with Crippen LogP contribution < -0.4 is 4.74 Å². The quantitative estimate of drug-likeness (QED) is 0.330. The van der Waals surface area contributed by atoms with Crippen molar-refractivity contribution in [3.05, 3.63) is 88.6 Å². The van der Waals surface area contributed by atoms with Gasteiger partial charge in [-0.15, -0.1) is 0 Å². The molecule has 7 heteroatoms. The summed E-state index contributed by atoms with van der Waals surface area (Å²) in [4.78, 5) is 31.8. The average Bonchev–Trinajstić information content (AvgIpc) is 3.34. The Hall–Kier alpha value is -3.87. The molecule has 1 aliphatic heterocycles. The van der Waals surface area contributed by atoms with Crippen molar-refractivity contribution in [3.8, 4) is 5.75 Å². The summed E-state index contributed by atoms with van der Waals surface area (Å²) in [5.74, 6) is 0.0460. The number of likely N-dealkylation sites (tertiary alicyclic amines) is 1. The predicted octanol–water partition coefficient (Wildman–Crippen LogP) is 4.91. The minimum atomic E-state index is -0.859. The fourth-order valence-electron chi connectivity index (χ4n) is 4.22. The minimum absolute atomic E-state index is 0.00145. The Bertz CT molecular complexity index is 1270. The number of aromatic nitrogens is 1. The second-order valence-electron chi connectivity index (χ2n) is 9.40. The van der Waals surface area contributed by atoms with E-state index in [0.29, 0.717) is 22.8 Å². The van der Waals surface area contributed by atoms with Gasteiger partial charge in [-0.25, -0.2) is 0 Å². The molecule has 0 bridgehead atoms. The van der Waals surface area contributed by atoms with E-state index in [1.54, 1.807) is 68.9 Å². The number of benzene rings is 1. The molecule has 7 nitrogen and oxygen atoms in total. The van der Waals surface area contributed by atoms with Gasteiger partial charge in [-0.3, -0.25) is 14.6 Å². The van der Waals surface area contributed by atoms with Crippen LogP contribution in [-0.4, -0.2) is 33.8 Å². The summed E-state index contributed by atoms with van der Waals surface area (Å²) >= 11 is 0. The largest absolute Gasteiger partial charge is 0.507 e. The third-order valence-corrected chi connectivity index (χ3v) is 5.95. The van der Waals surface area contributed by atoms with Gasteiger partial charge < -0.3 is 19.2 Å². The summed E-state index contributed by atoms with van der Waals surface area (Å²) in [5, 5.41) is 11.4. The van der Waals surface area contributed by atoms with E-state index in [0.717, 1.165) is 11.1 Å². The highest BCUT2D eigenvalue weighted by Crippen LogP contribution is 2.42. The van der Waals surface area contributed by atoms with Crippen LogP contribution in [0.4, 0.5) is 0 Å². The van der Waals surface area contributed by atoms with Gasteiger partial charge in [0.25, 0.3) is 11.7 Å². The van der Waals surface area contributed by atoms with E-state index in [-0.39, 0.29) is 23.3 Å². The topological polar surface area (TPSA) is 92.9 Å². The Morgan fingerprint density at radius 3 is 2.41 bits per heavy atom. The number of aliphatic hydroxyl groups is 1. The summed E-state index contributed by atoms with van der Waals surface area (Å²) in [7, 11) is 1.59. The fraction of sp³-hybridized carbons (Fsp3) is 0.296. The highest BCUT2D eigenvalue weighted by Gasteiger charge is 2.47. The summed E-state index contributed by atoms with van der Waals surface area (Å²) in [6, 6.07) is 11.4. The Balaban J connectivity index is 1.88. The SMILES string of the molecule is COc1ccc(/C(O)=C2/C(=O)C(=O)N(Cc3ccncc3)C2c2ccc(C)o2)cc1C(C)(C)C. The van der Waals surface area contributed by atoms with Crippen LogP contribution in [0.5, 0.6) is 5.75 Å². The summed E-state index contributed by atoms with van der Waals surface area (Å²) in [6.45, 7) is 8.07. The lowest BCUT2D eigenvalue weighted by Gasteiger charge is -2.24. The van der Waals surface area contributed by atoms with Crippen LogP contribution in [0.25, 0.3) is 5.76 Å². The van der Waals surface area contributed by atoms with Gasteiger partial charge >= 0.3 is 0 Å².